The first-order valence-electron chi connectivity index (χ1n) is 7.18. The molecule has 0 aliphatic rings. The second-order valence-electron chi connectivity index (χ2n) is 5.52. The molecule has 0 bridgehead atoms. The Morgan fingerprint density at radius 2 is 1.90 bits per heavy atom. The summed E-state index contributed by atoms with van der Waals surface area (Å²) in [6.07, 6.45) is 3.57. The van der Waals surface area contributed by atoms with E-state index < -0.39 is 0 Å². The summed E-state index contributed by atoms with van der Waals surface area (Å²) in [6.45, 7) is 5.59. The van der Waals surface area contributed by atoms with Crippen molar-refractivity contribution in [3.8, 4) is 0 Å². The predicted octanol–water partition coefficient (Wildman–Crippen LogP) is 3.36. The molecule has 0 radical (unpaired) electrons. The van der Waals surface area contributed by atoms with Crippen molar-refractivity contribution in [3.05, 3.63) is 59.7 Å². The van der Waals surface area contributed by atoms with Gasteiger partial charge in [-0.25, -0.2) is 4.39 Å². The molecule has 0 saturated heterocycles. The van der Waals surface area contributed by atoms with E-state index in [4.69, 9.17) is 0 Å². The Bertz CT molecular complexity index is 570. The highest BCUT2D eigenvalue weighted by Crippen LogP contribution is 2.22. The number of nitrogens with zero attached hydrogens (tertiary/aromatic N) is 2. The molecule has 2 aromatic rings. The number of aromatic nitrogens is 1. The van der Waals surface area contributed by atoms with Crippen molar-refractivity contribution in [1.82, 2.24) is 10.3 Å². The van der Waals surface area contributed by atoms with Crippen LogP contribution in [0.25, 0.3) is 0 Å². The number of hydrogen-bond donors (Lipinski definition) is 1. The largest absolute Gasteiger partial charge is 0.370 e. The van der Waals surface area contributed by atoms with Gasteiger partial charge in [0.05, 0.1) is 0 Å². The number of benzene rings is 1. The van der Waals surface area contributed by atoms with Crippen molar-refractivity contribution in [1.29, 1.82) is 0 Å². The van der Waals surface area contributed by atoms with Crippen LogP contribution < -0.4 is 10.2 Å². The van der Waals surface area contributed by atoms with E-state index in [0.717, 1.165) is 17.8 Å². The van der Waals surface area contributed by atoms with Gasteiger partial charge in [-0.05, 0) is 41.5 Å². The molecule has 1 N–H and O–H groups in total. The summed E-state index contributed by atoms with van der Waals surface area (Å²) in [5.74, 6) is -0.198. The lowest BCUT2D eigenvalue weighted by Crippen LogP contribution is -2.24. The molecule has 21 heavy (non-hydrogen) atoms. The molecule has 0 amide bonds. The Morgan fingerprint density at radius 3 is 2.57 bits per heavy atom. The fourth-order valence-corrected chi connectivity index (χ4v) is 2.23. The number of halogens is 1. The average Bonchev–Trinajstić information content (AvgIpc) is 2.46. The molecule has 0 aliphatic heterocycles. The first-order chi connectivity index (χ1) is 10.1. The SMILES string of the molecule is CC(C)NCc1cc(F)ccc1N(C)Cc1ccncc1. The van der Waals surface area contributed by atoms with Crippen LogP contribution in [0.2, 0.25) is 0 Å². The number of nitrogens with one attached hydrogen (secondary N) is 1. The first-order valence-corrected chi connectivity index (χ1v) is 7.18. The van der Waals surface area contributed by atoms with E-state index >= 15 is 0 Å². The van der Waals surface area contributed by atoms with Crippen molar-refractivity contribution < 1.29 is 4.39 Å². The van der Waals surface area contributed by atoms with Crippen LogP contribution in [-0.2, 0) is 13.1 Å². The normalized spacial score (nSPS) is 10.9. The quantitative estimate of drug-likeness (QED) is 0.883. The standard InChI is InChI=1S/C17H22FN3/c1-13(2)20-11-15-10-16(18)4-5-17(15)21(3)12-14-6-8-19-9-7-14/h4-10,13,20H,11-12H2,1-3H3. The van der Waals surface area contributed by atoms with Crippen LogP contribution in [0.15, 0.2) is 42.7 Å². The van der Waals surface area contributed by atoms with Crippen LogP contribution in [-0.4, -0.2) is 18.1 Å². The lowest BCUT2D eigenvalue weighted by molar-refractivity contribution is 0.580. The third-order valence-corrected chi connectivity index (χ3v) is 3.32. The monoisotopic (exact) mass is 287 g/mol. The van der Waals surface area contributed by atoms with Crippen molar-refractivity contribution in [2.45, 2.75) is 33.0 Å². The third-order valence-electron chi connectivity index (χ3n) is 3.32. The molecule has 1 aromatic carbocycles. The summed E-state index contributed by atoms with van der Waals surface area (Å²) in [6, 6.07) is 9.31. The maximum Gasteiger partial charge on any atom is 0.123 e. The molecule has 1 heterocycles. The van der Waals surface area contributed by atoms with Crippen LogP contribution >= 0.6 is 0 Å². The first kappa shape index (κ1) is 15.4. The van der Waals surface area contributed by atoms with Gasteiger partial charge in [0.15, 0.2) is 0 Å². The Labute approximate surface area is 125 Å². The topological polar surface area (TPSA) is 28.2 Å². The Balaban J connectivity index is 2.17. The van der Waals surface area contributed by atoms with Gasteiger partial charge >= 0.3 is 0 Å². The highest BCUT2D eigenvalue weighted by atomic mass is 19.1. The molecule has 0 atom stereocenters. The van der Waals surface area contributed by atoms with Gasteiger partial charge in [0.1, 0.15) is 5.82 Å². The van der Waals surface area contributed by atoms with E-state index in [1.165, 1.54) is 11.6 Å². The van der Waals surface area contributed by atoms with Crippen LogP contribution in [0.3, 0.4) is 0 Å². The van der Waals surface area contributed by atoms with Crippen molar-refractivity contribution in [3.63, 3.8) is 0 Å². The maximum atomic E-state index is 13.5. The fraction of sp³-hybridized carbons (Fsp3) is 0.353. The molecular weight excluding hydrogens is 265 g/mol. The zero-order valence-corrected chi connectivity index (χ0v) is 12.8. The Kier molecular flexibility index (Phi) is 5.28. The van der Waals surface area contributed by atoms with Crippen LogP contribution in [0.5, 0.6) is 0 Å². The lowest BCUT2D eigenvalue weighted by atomic mass is 10.1. The van der Waals surface area contributed by atoms with Crippen LogP contribution in [0.4, 0.5) is 10.1 Å². The second-order valence-corrected chi connectivity index (χ2v) is 5.52. The van der Waals surface area contributed by atoms with Crippen molar-refractivity contribution >= 4 is 5.69 Å². The summed E-state index contributed by atoms with van der Waals surface area (Å²) in [5, 5.41) is 3.34. The molecule has 3 nitrogen and oxygen atoms in total. The second kappa shape index (κ2) is 7.18. The van der Waals surface area contributed by atoms with Gasteiger partial charge in [0, 0.05) is 44.3 Å². The van der Waals surface area contributed by atoms with Gasteiger partial charge in [-0.15, -0.1) is 0 Å². The van der Waals surface area contributed by atoms with Crippen molar-refractivity contribution in [2.24, 2.45) is 0 Å². The van der Waals surface area contributed by atoms with Crippen molar-refractivity contribution in [2.75, 3.05) is 11.9 Å². The van der Waals surface area contributed by atoms with Gasteiger partial charge in [-0.3, -0.25) is 4.98 Å². The molecule has 1 aromatic heterocycles. The molecule has 2 rings (SSSR count). The van der Waals surface area contributed by atoms with Crippen LogP contribution in [0.1, 0.15) is 25.0 Å². The molecule has 4 heteroatoms. The summed E-state index contributed by atoms with van der Waals surface area (Å²) in [5.41, 5.74) is 3.20. The summed E-state index contributed by atoms with van der Waals surface area (Å²) in [7, 11) is 2.02. The number of anilines is 1. The smallest absolute Gasteiger partial charge is 0.123 e. The van der Waals surface area contributed by atoms with E-state index in [0.29, 0.717) is 12.6 Å². The van der Waals surface area contributed by atoms with Crippen LogP contribution in [0, 0.1) is 5.82 Å². The minimum atomic E-state index is -0.198. The Hall–Kier alpha value is -1.94. The fourth-order valence-electron chi connectivity index (χ4n) is 2.23. The van der Waals surface area contributed by atoms with E-state index in [2.05, 4.69) is 29.0 Å². The van der Waals surface area contributed by atoms with Gasteiger partial charge in [-0.1, -0.05) is 13.8 Å². The molecule has 0 aliphatic carbocycles. The number of pyridine rings is 1. The minimum absolute atomic E-state index is 0.198. The third kappa shape index (κ3) is 4.53. The zero-order chi connectivity index (χ0) is 15.2. The van der Waals surface area contributed by atoms with Gasteiger partial charge in [0.25, 0.3) is 0 Å². The number of hydrogen-bond acceptors (Lipinski definition) is 3. The van der Waals surface area contributed by atoms with E-state index in [-0.39, 0.29) is 5.82 Å². The number of rotatable bonds is 6. The molecule has 112 valence electrons. The van der Waals surface area contributed by atoms with E-state index in [1.54, 1.807) is 18.5 Å². The summed E-state index contributed by atoms with van der Waals surface area (Å²) in [4.78, 5) is 6.16. The van der Waals surface area contributed by atoms with Gasteiger partial charge < -0.3 is 10.2 Å². The highest BCUT2D eigenvalue weighted by molar-refractivity contribution is 5.53. The van der Waals surface area contributed by atoms with E-state index in [1.807, 2.05) is 25.2 Å². The molecule has 0 fully saturated rings. The minimum Gasteiger partial charge on any atom is -0.370 e. The molecular formula is C17H22FN3. The summed E-state index contributed by atoms with van der Waals surface area (Å²) >= 11 is 0. The van der Waals surface area contributed by atoms with Gasteiger partial charge in [0.2, 0.25) is 0 Å². The average molecular weight is 287 g/mol. The molecule has 0 unspecified atom stereocenters. The molecule has 0 spiro atoms. The molecule has 0 saturated carbocycles. The maximum absolute atomic E-state index is 13.5. The van der Waals surface area contributed by atoms with Gasteiger partial charge in [-0.2, -0.15) is 0 Å². The highest BCUT2D eigenvalue weighted by Gasteiger charge is 2.10. The Morgan fingerprint density at radius 1 is 1.19 bits per heavy atom. The predicted molar refractivity (Wildman–Crippen MR) is 84.7 cm³/mol. The lowest BCUT2D eigenvalue weighted by Gasteiger charge is -2.23. The van der Waals surface area contributed by atoms with E-state index in [9.17, 15) is 4.39 Å². The summed E-state index contributed by atoms with van der Waals surface area (Å²) < 4.78 is 13.5. The zero-order valence-electron chi connectivity index (χ0n) is 12.8.